The van der Waals surface area contributed by atoms with Crippen LogP contribution < -0.4 is 14.4 Å². The lowest BCUT2D eigenvalue weighted by molar-refractivity contribution is 0.0540. The summed E-state index contributed by atoms with van der Waals surface area (Å²) in [6, 6.07) is 21.7. The Labute approximate surface area is 261 Å². The average Bonchev–Trinajstić information content (AvgIpc) is 3.33. The van der Waals surface area contributed by atoms with Crippen LogP contribution in [0.25, 0.3) is 0 Å². The van der Waals surface area contributed by atoms with Gasteiger partial charge in [0.25, 0.3) is 11.8 Å². The van der Waals surface area contributed by atoms with Gasteiger partial charge in [0.05, 0.1) is 37.1 Å². The molecule has 8 nitrogen and oxygen atoms in total. The zero-order valence-corrected chi connectivity index (χ0v) is 26.2. The molecule has 1 atom stereocenters. The van der Waals surface area contributed by atoms with Gasteiger partial charge in [0.15, 0.2) is 11.5 Å². The van der Waals surface area contributed by atoms with E-state index in [1.807, 2.05) is 36.4 Å². The van der Waals surface area contributed by atoms with Gasteiger partial charge in [-0.1, -0.05) is 49.4 Å². The van der Waals surface area contributed by atoms with Crippen molar-refractivity contribution in [2.75, 3.05) is 64.9 Å². The molecule has 0 bridgehead atoms. The molecule has 6 rings (SSSR count). The normalized spacial score (nSPS) is 18.9. The lowest BCUT2D eigenvalue weighted by atomic mass is 9.86. The largest absolute Gasteiger partial charge is 0.493 e. The van der Waals surface area contributed by atoms with Crippen molar-refractivity contribution in [3.63, 3.8) is 0 Å². The van der Waals surface area contributed by atoms with Gasteiger partial charge in [-0.2, -0.15) is 0 Å². The SMILES string of the molecule is CCN1CCN(c2cccc3c2C(=O)N(C(CC2CCN(Cc4ccccc4)CC2)c2ccc(OC)c(OC)c2)C3=O)CC1. The highest BCUT2D eigenvalue weighted by molar-refractivity contribution is 6.24. The molecule has 2 amide bonds. The van der Waals surface area contributed by atoms with Crippen molar-refractivity contribution in [2.24, 2.45) is 5.92 Å². The van der Waals surface area contributed by atoms with E-state index in [2.05, 4.69) is 52.0 Å². The van der Waals surface area contributed by atoms with Crippen LogP contribution in [-0.4, -0.2) is 86.5 Å². The number of likely N-dealkylation sites (N-methyl/N-ethyl adjacent to an activating group) is 1. The number of amides is 2. The highest BCUT2D eigenvalue weighted by Crippen LogP contribution is 2.42. The standard InChI is InChI=1S/C36H44N4O4/c1-4-37-19-21-39(22-20-37)30-12-8-11-29-34(30)36(42)40(35(29)41)31(28-13-14-32(43-2)33(24-28)44-3)23-26-15-17-38(18-16-26)25-27-9-6-5-7-10-27/h5-14,24,26,31H,4,15-23,25H2,1-3H3. The molecule has 8 heteroatoms. The third-order valence-electron chi connectivity index (χ3n) is 9.70. The van der Waals surface area contributed by atoms with Gasteiger partial charge in [-0.3, -0.25) is 19.4 Å². The van der Waals surface area contributed by atoms with Gasteiger partial charge in [-0.15, -0.1) is 0 Å². The van der Waals surface area contributed by atoms with Crippen LogP contribution in [-0.2, 0) is 6.54 Å². The molecule has 0 aromatic heterocycles. The third-order valence-corrected chi connectivity index (χ3v) is 9.70. The Morgan fingerprint density at radius 2 is 1.50 bits per heavy atom. The molecule has 0 N–H and O–H groups in total. The van der Waals surface area contributed by atoms with E-state index in [1.165, 1.54) is 10.5 Å². The quantitative estimate of drug-likeness (QED) is 0.287. The predicted molar refractivity (Wildman–Crippen MR) is 173 cm³/mol. The minimum absolute atomic E-state index is 0.195. The fraction of sp³-hybridized carbons (Fsp3) is 0.444. The average molecular weight is 597 g/mol. The molecule has 3 aromatic rings. The molecular weight excluding hydrogens is 552 g/mol. The number of carbonyl (C=O) groups excluding carboxylic acids is 2. The fourth-order valence-corrected chi connectivity index (χ4v) is 7.13. The van der Waals surface area contributed by atoms with Crippen molar-refractivity contribution >= 4 is 17.5 Å². The van der Waals surface area contributed by atoms with Gasteiger partial charge in [0, 0.05) is 32.7 Å². The Balaban J connectivity index is 1.27. The van der Waals surface area contributed by atoms with Crippen LogP contribution in [0.4, 0.5) is 5.69 Å². The van der Waals surface area contributed by atoms with Gasteiger partial charge in [-0.25, -0.2) is 0 Å². The summed E-state index contributed by atoms with van der Waals surface area (Å²) in [6.45, 7) is 9.70. The van der Waals surface area contributed by atoms with Crippen LogP contribution in [0.15, 0.2) is 66.7 Å². The number of likely N-dealkylation sites (tertiary alicyclic amines) is 1. The molecule has 2 saturated heterocycles. The third kappa shape index (κ3) is 6.06. The number of rotatable bonds is 10. The second-order valence-corrected chi connectivity index (χ2v) is 12.2. The molecule has 3 aliphatic rings. The Bertz CT molecular complexity index is 1460. The van der Waals surface area contributed by atoms with E-state index in [0.29, 0.717) is 35.0 Å². The molecule has 0 radical (unpaired) electrons. The van der Waals surface area contributed by atoms with E-state index < -0.39 is 6.04 Å². The van der Waals surface area contributed by atoms with Crippen molar-refractivity contribution in [1.29, 1.82) is 0 Å². The molecule has 3 aromatic carbocycles. The van der Waals surface area contributed by atoms with Crippen LogP contribution in [0.3, 0.4) is 0 Å². The van der Waals surface area contributed by atoms with Crippen LogP contribution in [0.1, 0.15) is 64.1 Å². The highest BCUT2D eigenvalue weighted by Gasteiger charge is 2.44. The smallest absolute Gasteiger partial charge is 0.264 e. The maximum absolute atomic E-state index is 14.4. The summed E-state index contributed by atoms with van der Waals surface area (Å²) in [5.41, 5.74) is 4.15. The maximum atomic E-state index is 14.4. The Hall–Kier alpha value is -3.88. The summed E-state index contributed by atoms with van der Waals surface area (Å²) in [7, 11) is 3.23. The van der Waals surface area contributed by atoms with E-state index in [9.17, 15) is 9.59 Å². The summed E-state index contributed by atoms with van der Waals surface area (Å²) in [5, 5.41) is 0. The number of imide groups is 1. The lowest BCUT2D eigenvalue weighted by Crippen LogP contribution is -2.46. The van der Waals surface area contributed by atoms with Crippen LogP contribution in [0.5, 0.6) is 11.5 Å². The summed E-state index contributed by atoms with van der Waals surface area (Å²) in [4.78, 5) is 37.3. The Kier molecular flexibility index (Phi) is 9.19. The number of anilines is 1. The topological polar surface area (TPSA) is 65.6 Å². The lowest BCUT2D eigenvalue weighted by Gasteiger charge is -2.36. The van der Waals surface area contributed by atoms with Crippen LogP contribution >= 0.6 is 0 Å². The van der Waals surface area contributed by atoms with Gasteiger partial charge in [-0.05, 0) is 80.2 Å². The first-order chi connectivity index (χ1) is 21.5. The molecule has 1 unspecified atom stereocenters. The molecule has 3 aliphatic heterocycles. The number of hydrogen-bond acceptors (Lipinski definition) is 7. The first-order valence-electron chi connectivity index (χ1n) is 16.0. The van der Waals surface area contributed by atoms with Crippen LogP contribution in [0, 0.1) is 5.92 Å². The summed E-state index contributed by atoms with van der Waals surface area (Å²) >= 11 is 0. The molecule has 44 heavy (non-hydrogen) atoms. The minimum Gasteiger partial charge on any atom is -0.493 e. The first kappa shape index (κ1) is 30.2. The second kappa shape index (κ2) is 13.4. The number of ether oxygens (including phenoxy) is 2. The molecule has 0 spiro atoms. The zero-order chi connectivity index (χ0) is 30.6. The Morgan fingerprint density at radius 1 is 0.773 bits per heavy atom. The van der Waals surface area contributed by atoms with Gasteiger partial charge in [0.1, 0.15) is 0 Å². The molecular formula is C36H44N4O4. The number of methoxy groups -OCH3 is 2. The number of carbonyl (C=O) groups is 2. The number of hydrogen-bond donors (Lipinski definition) is 0. The number of fused-ring (bicyclic) bond motifs is 1. The van der Waals surface area contributed by atoms with E-state index in [0.717, 1.165) is 76.5 Å². The highest BCUT2D eigenvalue weighted by atomic mass is 16.5. The first-order valence-corrected chi connectivity index (χ1v) is 16.0. The fourth-order valence-electron chi connectivity index (χ4n) is 7.13. The summed E-state index contributed by atoms with van der Waals surface area (Å²) < 4.78 is 11.2. The second-order valence-electron chi connectivity index (χ2n) is 12.2. The zero-order valence-electron chi connectivity index (χ0n) is 26.2. The van der Waals surface area contributed by atoms with E-state index in [4.69, 9.17) is 9.47 Å². The summed E-state index contributed by atoms with van der Waals surface area (Å²) in [5.74, 6) is 1.20. The molecule has 0 aliphatic carbocycles. The molecule has 0 saturated carbocycles. The van der Waals surface area contributed by atoms with Crippen molar-refractivity contribution < 1.29 is 19.1 Å². The molecule has 232 valence electrons. The monoisotopic (exact) mass is 596 g/mol. The predicted octanol–water partition coefficient (Wildman–Crippen LogP) is 5.49. The Morgan fingerprint density at radius 3 is 2.18 bits per heavy atom. The number of nitrogens with zero attached hydrogens (tertiary/aromatic N) is 4. The number of piperazine rings is 1. The van der Waals surface area contributed by atoms with Crippen molar-refractivity contribution in [2.45, 2.75) is 38.8 Å². The van der Waals surface area contributed by atoms with Crippen molar-refractivity contribution in [3.8, 4) is 11.5 Å². The van der Waals surface area contributed by atoms with E-state index >= 15 is 0 Å². The van der Waals surface area contributed by atoms with Crippen LogP contribution in [0.2, 0.25) is 0 Å². The minimum atomic E-state index is -0.405. The molecule has 2 fully saturated rings. The van der Waals surface area contributed by atoms with Gasteiger partial charge >= 0.3 is 0 Å². The number of benzene rings is 3. The van der Waals surface area contributed by atoms with Gasteiger partial charge < -0.3 is 19.3 Å². The summed E-state index contributed by atoms with van der Waals surface area (Å²) in [6.07, 6.45) is 2.75. The van der Waals surface area contributed by atoms with Crippen molar-refractivity contribution in [1.82, 2.24) is 14.7 Å². The van der Waals surface area contributed by atoms with E-state index in [-0.39, 0.29) is 11.8 Å². The number of piperidine rings is 1. The van der Waals surface area contributed by atoms with E-state index in [1.54, 1.807) is 14.2 Å². The van der Waals surface area contributed by atoms with Crippen molar-refractivity contribution in [3.05, 3.63) is 89.0 Å². The molecule has 3 heterocycles. The maximum Gasteiger partial charge on any atom is 0.264 e. The van der Waals surface area contributed by atoms with Gasteiger partial charge in [0.2, 0.25) is 0 Å².